The summed E-state index contributed by atoms with van der Waals surface area (Å²) in [5, 5.41) is 13.4. The van der Waals surface area contributed by atoms with Crippen LogP contribution in [0.4, 0.5) is 5.82 Å². The molecule has 0 atom stereocenters. The van der Waals surface area contributed by atoms with E-state index in [1.807, 2.05) is 42.7 Å². The fraction of sp³-hybridized carbons (Fsp3) is 0.288. The summed E-state index contributed by atoms with van der Waals surface area (Å²) in [5.41, 5.74) is 17.5. The lowest BCUT2D eigenvalue weighted by Gasteiger charge is -2.03. The number of rotatable bonds is 5. The van der Waals surface area contributed by atoms with Crippen LogP contribution in [0, 0.1) is 0 Å². The summed E-state index contributed by atoms with van der Waals surface area (Å²) in [6, 6.07) is 33.1. The van der Waals surface area contributed by atoms with E-state index in [0.29, 0.717) is 35.4 Å². The van der Waals surface area contributed by atoms with Gasteiger partial charge in [-0.1, -0.05) is 128 Å². The van der Waals surface area contributed by atoms with Gasteiger partial charge in [0.1, 0.15) is 5.65 Å². The Balaban J connectivity index is 0.000000128. The number of pyridine rings is 1. The first-order chi connectivity index (χ1) is 29.3. The lowest BCUT2D eigenvalue weighted by atomic mass is 10.0. The van der Waals surface area contributed by atoms with Gasteiger partial charge in [-0.2, -0.15) is 0 Å². The summed E-state index contributed by atoms with van der Waals surface area (Å²) in [6.07, 6.45) is 9.82. The van der Waals surface area contributed by atoms with Crippen LogP contribution in [-0.2, 0) is 0 Å². The Kier molecular flexibility index (Phi) is 14.5. The number of hydrogen-bond donors (Lipinski definition) is 4. The number of nitrogen functional groups attached to an aromatic ring is 1. The third kappa shape index (κ3) is 10.8. The number of benzene rings is 4. The monoisotopic (exact) mass is 815 g/mol. The van der Waals surface area contributed by atoms with Gasteiger partial charge in [0.25, 0.3) is 0 Å². The normalized spacial score (nSPS) is 11.3. The van der Waals surface area contributed by atoms with E-state index < -0.39 is 0 Å². The quantitative estimate of drug-likeness (QED) is 0.136. The third-order valence-electron chi connectivity index (χ3n) is 10.8. The highest BCUT2D eigenvalue weighted by Gasteiger charge is 2.09. The Morgan fingerprint density at radius 3 is 1.57 bits per heavy atom. The average molecular weight is 816 g/mol. The van der Waals surface area contributed by atoms with Crippen molar-refractivity contribution in [3.63, 3.8) is 0 Å². The van der Waals surface area contributed by atoms with Crippen LogP contribution in [0.5, 0.6) is 0 Å². The zero-order valence-electron chi connectivity index (χ0n) is 37.2. The van der Waals surface area contributed by atoms with Gasteiger partial charge in [0, 0.05) is 57.4 Å². The van der Waals surface area contributed by atoms with Crippen molar-refractivity contribution in [3.05, 3.63) is 156 Å². The SMILES string of the molecule is CC(C)c1c[nH]c2ccccc12.CC(C)c1c[nH]c2ccccc12.CC(C)c1c[nH]c2ncccc12.CC(C)c1ccc2onc(N)c2c1.CC(C)c1ccc2oncc2c1. The number of nitrogens with zero attached hydrogens (tertiary/aromatic N) is 3. The first-order valence-corrected chi connectivity index (χ1v) is 21.3. The Hall–Kier alpha value is -6.61. The van der Waals surface area contributed by atoms with Crippen molar-refractivity contribution in [2.75, 3.05) is 5.73 Å². The number of fused-ring (bicyclic) bond motifs is 5. The average Bonchev–Trinajstić information content (AvgIpc) is 4.11. The maximum atomic E-state index is 5.64. The highest BCUT2D eigenvalue weighted by atomic mass is 16.5. The standard InChI is InChI=1S/2C11H13N.C10H12N2O.C10H12N2.C10H11NO/c2*1-8(2)10-7-12-11-6-4-3-5-9(10)11;1-6(2)7-3-4-9-8(5-7)10(11)12-13-9;1-7(2)9-6-12-10-8(9)4-3-5-11-10;1-7(2)8-3-4-10-9(5-8)6-11-12-10/h2*3-8,12H,1-2H3;3-6H,1-2H3,(H2,11,12);3-7H,1-2H3,(H,11,12);3-7H,1-2H3. The van der Waals surface area contributed by atoms with Gasteiger partial charge in [0.15, 0.2) is 17.0 Å². The summed E-state index contributed by atoms with van der Waals surface area (Å²) in [7, 11) is 0. The molecule has 0 spiro atoms. The minimum absolute atomic E-state index is 0.470. The molecule has 0 saturated carbocycles. The van der Waals surface area contributed by atoms with Gasteiger partial charge in [0.05, 0.1) is 11.6 Å². The Bertz CT molecular complexity index is 2710. The fourth-order valence-corrected chi connectivity index (χ4v) is 7.18. The molecule has 0 fully saturated rings. The van der Waals surface area contributed by atoms with Gasteiger partial charge in [-0.25, -0.2) is 4.98 Å². The lowest BCUT2D eigenvalue weighted by molar-refractivity contribution is 0.456. The minimum atomic E-state index is 0.470. The van der Waals surface area contributed by atoms with Crippen molar-refractivity contribution >= 4 is 60.6 Å². The number of nitrogens with one attached hydrogen (secondary N) is 3. The summed E-state index contributed by atoms with van der Waals surface area (Å²) in [5.74, 6) is 3.28. The van der Waals surface area contributed by atoms with Crippen molar-refractivity contribution in [1.29, 1.82) is 0 Å². The molecule has 0 bridgehead atoms. The molecular formula is C52H61N7O2. The molecule has 6 aromatic heterocycles. The highest BCUT2D eigenvalue weighted by molar-refractivity contribution is 5.87. The molecule has 4 aromatic carbocycles. The lowest BCUT2D eigenvalue weighted by Crippen LogP contribution is -1.88. The topological polar surface area (TPSA) is 138 Å². The first kappa shape index (κ1) is 44.0. The van der Waals surface area contributed by atoms with Crippen molar-refractivity contribution in [2.24, 2.45) is 0 Å². The number of para-hydroxylation sites is 2. The molecule has 5 N–H and O–H groups in total. The molecule has 10 aromatic rings. The van der Waals surface area contributed by atoms with Gasteiger partial charge < -0.3 is 29.7 Å². The number of aromatic amines is 3. The molecule has 10 rings (SSSR count). The van der Waals surface area contributed by atoms with E-state index in [1.165, 1.54) is 55.0 Å². The molecule has 0 unspecified atom stereocenters. The molecule has 0 radical (unpaired) electrons. The van der Waals surface area contributed by atoms with Gasteiger partial charge in [0.2, 0.25) is 0 Å². The van der Waals surface area contributed by atoms with Crippen LogP contribution in [0.1, 0.15) is 127 Å². The van der Waals surface area contributed by atoms with Crippen LogP contribution in [0.3, 0.4) is 0 Å². The minimum Gasteiger partial charge on any atom is -0.380 e. The van der Waals surface area contributed by atoms with E-state index in [2.05, 4.69) is 179 Å². The largest absolute Gasteiger partial charge is 0.380 e. The van der Waals surface area contributed by atoms with Gasteiger partial charge >= 0.3 is 0 Å². The number of aromatic nitrogens is 6. The molecule has 61 heavy (non-hydrogen) atoms. The summed E-state index contributed by atoms with van der Waals surface area (Å²) < 4.78 is 10.0. The van der Waals surface area contributed by atoms with Crippen LogP contribution in [-0.4, -0.2) is 30.2 Å². The molecule has 6 heterocycles. The molecule has 0 aliphatic carbocycles. The predicted molar refractivity (Wildman–Crippen MR) is 256 cm³/mol. The summed E-state index contributed by atoms with van der Waals surface area (Å²) >= 11 is 0. The Morgan fingerprint density at radius 2 is 1.00 bits per heavy atom. The van der Waals surface area contributed by atoms with E-state index in [4.69, 9.17) is 14.8 Å². The number of hydrogen-bond acceptors (Lipinski definition) is 6. The molecule has 316 valence electrons. The molecule has 9 nitrogen and oxygen atoms in total. The van der Waals surface area contributed by atoms with Gasteiger partial charge in [-0.05, 0) is 106 Å². The van der Waals surface area contributed by atoms with E-state index in [-0.39, 0.29) is 0 Å². The van der Waals surface area contributed by atoms with Crippen LogP contribution in [0.15, 0.2) is 137 Å². The molecule has 9 heteroatoms. The maximum absolute atomic E-state index is 5.64. The second-order valence-corrected chi connectivity index (χ2v) is 16.9. The maximum Gasteiger partial charge on any atom is 0.174 e. The predicted octanol–water partition coefficient (Wildman–Crippen LogP) is 14.8. The first-order valence-electron chi connectivity index (χ1n) is 21.3. The molecule has 0 amide bonds. The van der Waals surface area contributed by atoms with E-state index in [1.54, 1.807) is 6.20 Å². The molecule has 0 aliphatic heterocycles. The van der Waals surface area contributed by atoms with Crippen molar-refractivity contribution in [3.8, 4) is 0 Å². The summed E-state index contributed by atoms with van der Waals surface area (Å²) in [4.78, 5) is 13.9. The summed E-state index contributed by atoms with van der Waals surface area (Å²) in [6.45, 7) is 21.9. The van der Waals surface area contributed by atoms with Gasteiger partial charge in [-0.15, -0.1) is 0 Å². The second-order valence-electron chi connectivity index (χ2n) is 16.9. The van der Waals surface area contributed by atoms with Crippen LogP contribution in [0.2, 0.25) is 0 Å². The van der Waals surface area contributed by atoms with Crippen LogP contribution < -0.4 is 5.73 Å². The van der Waals surface area contributed by atoms with Crippen molar-refractivity contribution in [2.45, 2.75) is 98.8 Å². The molecule has 0 aliphatic rings. The zero-order valence-corrected chi connectivity index (χ0v) is 37.2. The number of anilines is 1. The van der Waals surface area contributed by atoms with E-state index >= 15 is 0 Å². The van der Waals surface area contributed by atoms with Crippen LogP contribution >= 0.6 is 0 Å². The van der Waals surface area contributed by atoms with Crippen LogP contribution in [0.25, 0.3) is 54.8 Å². The third-order valence-corrected chi connectivity index (χ3v) is 10.8. The van der Waals surface area contributed by atoms with E-state index in [0.717, 1.165) is 27.6 Å². The molecular weight excluding hydrogens is 755 g/mol. The van der Waals surface area contributed by atoms with E-state index in [9.17, 15) is 0 Å². The van der Waals surface area contributed by atoms with Gasteiger partial charge in [-0.3, -0.25) is 0 Å². The smallest absolute Gasteiger partial charge is 0.174 e. The zero-order chi connectivity index (χ0) is 43.6. The van der Waals surface area contributed by atoms with Crippen molar-refractivity contribution in [1.82, 2.24) is 30.2 Å². The molecule has 0 saturated heterocycles. The Labute approximate surface area is 359 Å². The van der Waals surface area contributed by atoms with Crippen molar-refractivity contribution < 1.29 is 9.05 Å². The highest BCUT2D eigenvalue weighted by Crippen LogP contribution is 2.27. The Morgan fingerprint density at radius 1 is 0.492 bits per heavy atom. The number of H-pyrrole nitrogens is 3. The second kappa shape index (κ2) is 20.1. The fourth-order valence-electron chi connectivity index (χ4n) is 7.18. The number of nitrogens with two attached hydrogens (primary N) is 1.